The van der Waals surface area contributed by atoms with Gasteiger partial charge in [0.25, 0.3) is 5.91 Å². The number of amides is 1. The van der Waals surface area contributed by atoms with Crippen LogP contribution in [0.15, 0.2) is 60.9 Å². The number of nitrogens with two attached hydrogens (primary N) is 1. The average molecular weight is 397 g/mol. The van der Waals surface area contributed by atoms with E-state index >= 15 is 0 Å². The second-order valence-electron chi connectivity index (χ2n) is 7.83. The highest BCUT2D eigenvalue weighted by atomic mass is 16.2. The molecule has 150 valence electrons. The number of rotatable bonds is 2. The molecular weight excluding hydrogens is 374 g/mol. The molecule has 2 N–H and O–H groups in total. The van der Waals surface area contributed by atoms with Gasteiger partial charge in [0.05, 0.1) is 11.2 Å². The molecule has 0 atom stereocenters. The molecular formula is C24H23N5O. The summed E-state index contributed by atoms with van der Waals surface area (Å²) in [4.78, 5) is 26.5. The summed E-state index contributed by atoms with van der Waals surface area (Å²) < 4.78 is 0. The number of carbonyl (C=O) groups is 1. The molecule has 1 saturated heterocycles. The van der Waals surface area contributed by atoms with E-state index in [1.165, 1.54) is 0 Å². The Morgan fingerprint density at radius 3 is 2.60 bits per heavy atom. The Morgan fingerprint density at radius 2 is 1.80 bits per heavy atom. The summed E-state index contributed by atoms with van der Waals surface area (Å²) in [6.45, 7) is 3.29. The van der Waals surface area contributed by atoms with Crippen LogP contribution in [0, 0.1) is 0 Å². The fourth-order valence-corrected chi connectivity index (χ4v) is 4.08. The highest BCUT2D eigenvalue weighted by Gasteiger charge is 2.21. The summed E-state index contributed by atoms with van der Waals surface area (Å²) >= 11 is 0. The number of nitrogens with zero attached hydrogens (tertiary/aromatic N) is 4. The van der Waals surface area contributed by atoms with Crippen LogP contribution in [0.5, 0.6) is 0 Å². The van der Waals surface area contributed by atoms with Crippen molar-refractivity contribution in [3.63, 3.8) is 0 Å². The Morgan fingerprint density at radius 1 is 0.967 bits per heavy atom. The van der Waals surface area contributed by atoms with Gasteiger partial charge in [-0.05, 0) is 37.4 Å². The van der Waals surface area contributed by atoms with Gasteiger partial charge in [0.1, 0.15) is 0 Å². The van der Waals surface area contributed by atoms with Crippen molar-refractivity contribution >= 4 is 33.3 Å². The van der Waals surface area contributed by atoms with Gasteiger partial charge in [-0.25, -0.2) is 4.98 Å². The first-order valence-corrected chi connectivity index (χ1v) is 10.1. The molecule has 4 aromatic rings. The summed E-state index contributed by atoms with van der Waals surface area (Å²) in [5, 5.41) is 3.01. The van der Waals surface area contributed by atoms with Gasteiger partial charge in [-0.1, -0.05) is 18.2 Å². The van der Waals surface area contributed by atoms with Crippen LogP contribution >= 0.6 is 0 Å². The van der Waals surface area contributed by atoms with E-state index in [0.717, 1.165) is 59.1 Å². The Labute approximate surface area is 174 Å². The van der Waals surface area contributed by atoms with Crippen molar-refractivity contribution in [3.8, 4) is 11.3 Å². The molecule has 0 bridgehead atoms. The van der Waals surface area contributed by atoms with Crippen LogP contribution in [0.3, 0.4) is 0 Å². The third-order valence-electron chi connectivity index (χ3n) is 5.79. The van der Waals surface area contributed by atoms with Crippen molar-refractivity contribution in [1.82, 2.24) is 19.8 Å². The van der Waals surface area contributed by atoms with Gasteiger partial charge < -0.3 is 15.5 Å². The summed E-state index contributed by atoms with van der Waals surface area (Å²) in [6, 6.07) is 15.5. The van der Waals surface area contributed by atoms with Crippen molar-refractivity contribution in [1.29, 1.82) is 0 Å². The first-order valence-electron chi connectivity index (χ1n) is 10.1. The summed E-state index contributed by atoms with van der Waals surface area (Å²) in [6.07, 6.45) is 3.63. The predicted octanol–water partition coefficient (Wildman–Crippen LogP) is 3.42. The maximum atomic E-state index is 13.1. The number of piperazine rings is 1. The minimum absolute atomic E-state index is 0.0589. The van der Waals surface area contributed by atoms with Crippen LogP contribution < -0.4 is 5.73 Å². The molecule has 6 nitrogen and oxygen atoms in total. The topological polar surface area (TPSA) is 75.3 Å². The average Bonchev–Trinajstić information content (AvgIpc) is 2.78. The van der Waals surface area contributed by atoms with Gasteiger partial charge in [0, 0.05) is 71.5 Å². The van der Waals surface area contributed by atoms with Crippen molar-refractivity contribution in [2.45, 2.75) is 0 Å². The van der Waals surface area contributed by atoms with Crippen molar-refractivity contribution < 1.29 is 4.79 Å². The number of fused-ring (bicyclic) bond motifs is 3. The summed E-state index contributed by atoms with van der Waals surface area (Å²) in [5.41, 5.74) is 9.95. The Hall–Kier alpha value is -3.51. The smallest absolute Gasteiger partial charge is 0.254 e. The second kappa shape index (κ2) is 7.39. The highest BCUT2D eigenvalue weighted by Crippen LogP contribution is 2.33. The maximum absolute atomic E-state index is 13.1. The molecule has 1 amide bonds. The first kappa shape index (κ1) is 18.5. The molecule has 0 saturated carbocycles. The lowest BCUT2D eigenvalue weighted by Gasteiger charge is -2.32. The Balaban J connectivity index is 1.65. The molecule has 0 aliphatic carbocycles. The van der Waals surface area contributed by atoms with Crippen molar-refractivity contribution in [3.05, 3.63) is 66.5 Å². The van der Waals surface area contributed by atoms with E-state index in [0.29, 0.717) is 11.3 Å². The number of aromatic nitrogens is 2. The van der Waals surface area contributed by atoms with E-state index in [4.69, 9.17) is 10.7 Å². The van der Waals surface area contributed by atoms with Gasteiger partial charge in [-0.3, -0.25) is 9.78 Å². The number of nitrogen functional groups attached to an aromatic ring is 1. The van der Waals surface area contributed by atoms with Gasteiger partial charge in [0.15, 0.2) is 0 Å². The van der Waals surface area contributed by atoms with Crippen LogP contribution in [0.4, 0.5) is 5.69 Å². The molecule has 2 aromatic heterocycles. The largest absolute Gasteiger partial charge is 0.399 e. The quantitative estimate of drug-likeness (QED) is 0.414. The third kappa shape index (κ3) is 3.25. The Bertz CT molecular complexity index is 1260. The normalized spacial score (nSPS) is 15.0. The molecule has 2 aromatic carbocycles. The fourth-order valence-electron chi connectivity index (χ4n) is 4.08. The zero-order valence-corrected chi connectivity index (χ0v) is 16.9. The molecule has 30 heavy (non-hydrogen) atoms. The molecule has 1 aliphatic rings. The second-order valence-corrected chi connectivity index (χ2v) is 7.83. The van der Waals surface area contributed by atoms with E-state index in [2.05, 4.69) is 16.9 Å². The van der Waals surface area contributed by atoms with Crippen molar-refractivity contribution in [2.24, 2.45) is 0 Å². The van der Waals surface area contributed by atoms with Gasteiger partial charge in [0.2, 0.25) is 0 Å². The number of hydrogen-bond acceptors (Lipinski definition) is 5. The fraction of sp³-hybridized carbons (Fsp3) is 0.208. The number of hydrogen-bond donors (Lipinski definition) is 1. The SMILES string of the molecule is CN1CCN(C(=O)c2ccc3c(c2)nc(-c2cccc(N)c2)c2ccncc23)CC1. The monoisotopic (exact) mass is 397 g/mol. The minimum Gasteiger partial charge on any atom is -0.399 e. The van der Waals surface area contributed by atoms with Gasteiger partial charge in [-0.15, -0.1) is 0 Å². The predicted molar refractivity (Wildman–Crippen MR) is 120 cm³/mol. The first-order chi connectivity index (χ1) is 14.6. The summed E-state index contributed by atoms with van der Waals surface area (Å²) in [7, 11) is 2.08. The van der Waals surface area contributed by atoms with E-state index < -0.39 is 0 Å². The van der Waals surface area contributed by atoms with Crippen molar-refractivity contribution in [2.75, 3.05) is 39.0 Å². The molecule has 3 heterocycles. The number of benzene rings is 2. The van der Waals surface area contributed by atoms with E-state index in [9.17, 15) is 4.79 Å². The molecule has 0 radical (unpaired) electrons. The highest BCUT2D eigenvalue weighted by molar-refractivity contribution is 6.12. The van der Waals surface area contributed by atoms with Crippen LogP contribution in [0.2, 0.25) is 0 Å². The number of carbonyl (C=O) groups excluding carboxylic acids is 1. The molecule has 6 heteroatoms. The lowest BCUT2D eigenvalue weighted by atomic mass is 10.00. The molecule has 1 aliphatic heterocycles. The zero-order valence-electron chi connectivity index (χ0n) is 16.9. The number of pyridine rings is 2. The molecule has 0 unspecified atom stereocenters. The lowest BCUT2D eigenvalue weighted by Crippen LogP contribution is -2.47. The standard InChI is InChI=1S/C24H23N5O/c1-28-9-11-29(12-10-28)24(30)17-5-6-19-21-15-26-8-7-20(21)23(27-22(19)14-17)16-3-2-4-18(25)13-16/h2-8,13-15H,9-12,25H2,1H3. The van der Waals surface area contributed by atoms with E-state index in [-0.39, 0.29) is 5.91 Å². The lowest BCUT2D eigenvalue weighted by molar-refractivity contribution is 0.0664. The molecule has 1 fully saturated rings. The zero-order chi connectivity index (χ0) is 20.7. The van der Waals surface area contributed by atoms with Crippen LogP contribution in [0.25, 0.3) is 32.9 Å². The minimum atomic E-state index is 0.0589. The Kier molecular flexibility index (Phi) is 4.56. The number of anilines is 1. The maximum Gasteiger partial charge on any atom is 0.254 e. The van der Waals surface area contributed by atoms with E-state index in [1.807, 2.05) is 59.6 Å². The number of likely N-dealkylation sites (N-methyl/N-ethyl adjacent to an activating group) is 1. The van der Waals surface area contributed by atoms with Crippen LogP contribution in [0.1, 0.15) is 10.4 Å². The molecule has 5 rings (SSSR count). The van der Waals surface area contributed by atoms with Crippen LogP contribution in [-0.4, -0.2) is 58.9 Å². The molecule has 0 spiro atoms. The van der Waals surface area contributed by atoms with Gasteiger partial charge in [-0.2, -0.15) is 0 Å². The van der Waals surface area contributed by atoms with Gasteiger partial charge >= 0.3 is 0 Å². The third-order valence-corrected chi connectivity index (χ3v) is 5.79. The van der Waals surface area contributed by atoms with E-state index in [1.54, 1.807) is 6.20 Å². The summed E-state index contributed by atoms with van der Waals surface area (Å²) in [5.74, 6) is 0.0589. The van der Waals surface area contributed by atoms with Crippen LogP contribution in [-0.2, 0) is 0 Å².